The fourth-order valence-electron chi connectivity index (χ4n) is 7.02. The molecule has 0 radical (unpaired) electrons. The number of piperidine rings is 2. The molecule has 37 heavy (non-hydrogen) atoms. The molecule has 0 spiro atoms. The highest BCUT2D eigenvalue weighted by atomic mass is 16.3. The summed E-state index contributed by atoms with van der Waals surface area (Å²) in [7, 11) is 0. The lowest BCUT2D eigenvalue weighted by atomic mass is 9.70. The second kappa shape index (κ2) is 12.9. The molecule has 6 heteroatoms. The number of rotatable bonds is 7. The number of nitrogens with two attached hydrogens (primary N) is 1. The molecule has 3 heterocycles. The zero-order valence-corrected chi connectivity index (χ0v) is 23.5. The van der Waals surface area contributed by atoms with E-state index < -0.39 is 0 Å². The molecule has 208 valence electrons. The molecule has 1 saturated carbocycles. The zero-order valence-electron chi connectivity index (χ0n) is 23.5. The number of phenolic OH excluding ortho intramolecular Hbond substituents is 2. The van der Waals surface area contributed by atoms with Gasteiger partial charge in [-0.15, -0.1) is 0 Å². The van der Waals surface area contributed by atoms with E-state index in [1.807, 2.05) is 26.0 Å². The van der Waals surface area contributed by atoms with Crippen molar-refractivity contribution in [2.45, 2.75) is 95.6 Å². The molecule has 0 aromatic heterocycles. The van der Waals surface area contributed by atoms with E-state index in [-0.39, 0.29) is 16.9 Å². The number of allylic oxidation sites excluding steroid dienone is 1. The van der Waals surface area contributed by atoms with Crippen LogP contribution in [-0.2, 0) is 5.41 Å². The second-order valence-electron chi connectivity index (χ2n) is 12.0. The summed E-state index contributed by atoms with van der Waals surface area (Å²) in [6, 6.07) is 6.60. The lowest BCUT2D eigenvalue weighted by Crippen LogP contribution is -2.62. The first-order chi connectivity index (χ1) is 17.9. The van der Waals surface area contributed by atoms with E-state index in [0.717, 1.165) is 89.4 Å². The Morgan fingerprint density at radius 1 is 1.00 bits per heavy atom. The van der Waals surface area contributed by atoms with Gasteiger partial charge in [-0.3, -0.25) is 4.90 Å². The van der Waals surface area contributed by atoms with E-state index in [0.29, 0.717) is 12.1 Å². The Morgan fingerprint density at radius 2 is 1.70 bits per heavy atom. The standard InChI is InChI=1S/C29H46N4O2.C2H6/c1-22-9-12-29(24-7-8-27(34)28(35)17-24,21-33(22)18-23-5-3-2-4-6-23)13-16-31-19-26(20-31)32-14-10-25(30)11-15-32;1-2/h7-8,17,23,25-26,34-35H,1-6,9-16,18-21,30H2;1-2H3. The van der Waals surface area contributed by atoms with E-state index in [9.17, 15) is 10.2 Å². The predicted octanol–water partition coefficient (Wildman–Crippen LogP) is 5.05. The Morgan fingerprint density at radius 3 is 2.38 bits per heavy atom. The third kappa shape index (κ3) is 6.82. The van der Waals surface area contributed by atoms with Crippen molar-refractivity contribution in [1.29, 1.82) is 0 Å². The molecule has 0 amide bonds. The number of benzene rings is 1. The molecule has 3 aliphatic heterocycles. The molecular weight excluding hydrogens is 460 g/mol. The smallest absolute Gasteiger partial charge is 0.157 e. The number of likely N-dealkylation sites (tertiary alicyclic amines) is 3. The van der Waals surface area contributed by atoms with E-state index in [1.165, 1.54) is 37.8 Å². The van der Waals surface area contributed by atoms with Crippen LogP contribution < -0.4 is 5.73 Å². The van der Waals surface area contributed by atoms with Crippen LogP contribution in [0.3, 0.4) is 0 Å². The van der Waals surface area contributed by atoms with Crippen molar-refractivity contribution < 1.29 is 10.2 Å². The van der Waals surface area contributed by atoms with Crippen molar-refractivity contribution in [2.24, 2.45) is 11.7 Å². The van der Waals surface area contributed by atoms with Gasteiger partial charge < -0.3 is 25.7 Å². The average molecular weight is 513 g/mol. The molecule has 5 rings (SSSR count). The highest BCUT2D eigenvalue weighted by Gasteiger charge is 2.41. The van der Waals surface area contributed by atoms with Crippen LogP contribution in [0, 0.1) is 5.92 Å². The molecule has 6 nitrogen and oxygen atoms in total. The number of nitrogens with zero attached hydrogens (tertiary/aromatic N) is 3. The average Bonchev–Trinajstić information content (AvgIpc) is 2.89. The minimum Gasteiger partial charge on any atom is -0.504 e. The number of hydrogen-bond acceptors (Lipinski definition) is 6. The summed E-state index contributed by atoms with van der Waals surface area (Å²) in [6.07, 6.45) is 12.2. The fraction of sp³-hybridized carbons (Fsp3) is 0.742. The molecular formula is C31H52N4O2. The van der Waals surface area contributed by atoms with E-state index in [1.54, 1.807) is 6.07 Å². The maximum atomic E-state index is 10.4. The second-order valence-corrected chi connectivity index (χ2v) is 12.0. The van der Waals surface area contributed by atoms with Crippen LogP contribution in [0.25, 0.3) is 0 Å². The molecule has 1 aliphatic carbocycles. The maximum Gasteiger partial charge on any atom is 0.157 e. The molecule has 4 aliphatic rings. The van der Waals surface area contributed by atoms with Gasteiger partial charge >= 0.3 is 0 Å². The third-order valence-corrected chi connectivity index (χ3v) is 9.56. The largest absolute Gasteiger partial charge is 0.504 e. The molecule has 3 saturated heterocycles. The summed E-state index contributed by atoms with van der Waals surface area (Å²) in [4.78, 5) is 7.82. The quantitative estimate of drug-likeness (QED) is 0.444. The monoisotopic (exact) mass is 512 g/mol. The van der Waals surface area contributed by atoms with Gasteiger partial charge in [-0.25, -0.2) is 0 Å². The van der Waals surface area contributed by atoms with Crippen LogP contribution in [0.15, 0.2) is 30.5 Å². The van der Waals surface area contributed by atoms with Gasteiger partial charge in [0.2, 0.25) is 0 Å². The highest BCUT2D eigenvalue weighted by molar-refractivity contribution is 5.44. The van der Waals surface area contributed by atoms with Gasteiger partial charge in [-0.2, -0.15) is 0 Å². The van der Waals surface area contributed by atoms with Crippen molar-refractivity contribution in [1.82, 2.24) is 14.7 Å². The van der Waals surface area contributed by atoms with Crippen molar-refractivity contribution >= 4 is 0 Å². The molecule has 1 aromatic carbocycles. The Bertz CT molecular complexity index is 872. The molecule has 1 unspecified atom stereocenters. The van der Waals surface area contributed by atoms with E-state index >= 15 is 0 Å². The maximum absolute atomic E-state index is 10.4. The Balaban J connectivity index is 0.00000156. The van der Waals surface area contributed by atoms with Crippen molar-refractivity contribution in [2.75, 3.05) is 45.8 Å². The minimum absolute atomic E-state index is 0.00238. The summed E-state index contributed by atoms with van der Waals surface area (Å²) in [5.74, 6) is 0.741. The van der Waals surface area contributed by atoms with Crippen molar-refractivity contribution in [3.63, 3.8) is 0 Å². The first-order valence-corrected chi connectivity index (χ1v) is 15.1. The highest BCUT2D eigenvalue weighted by Crippen LogP contribution is 2.43. The number of hydrogen-bond donors (Lipinski definition) is 3. The summed E-state index contributed by atoms with van der Waals surface area (Å²) >= 11 is 0. The number of aromatic hydroxyl groups is 2. The molecule has 4 fully saturated rings. The molecule has 1 aromatic rings. The van der Waals surface area contributed by atoms with Gasteiger partial charge in [0.05, 0.1) is 0 Å². The van der Waals surface area contributed by atoms with E-state index in [2.05, 4.69) is 21.3 Å². The van der Waals surface area contributed by atoms with Gasteiger partial charge in [-0.1, -0.05) is 45.8 Å². The lowest BCUT2D eigenvalue weighted by Gasteiger charge is -2.50. The summed E-state index contributed by atoms with van der Waals surface area (Å²) < 4.78 is 0. The van der Waals surface area contributed by atoms with Gasteiger partial charge in [0, 0.05) is 62.5 Å². The van der Waals surface area contributed by atoms with Gasteiger partial charge in [0.15, 0.2) is 11.5 Å². The molecule has 1 atom stereocenters. The fourth-order valence-corrected chi connectivity index (χ4v) is 7.02. The molecule has 0 bridgehead atoms. The number of phenols is 2. The summed E-state index contributed by atoms with van der Waals surface area (Å²) in [5, 5.41) is 20.3. The predicted molar refractivity (Wildman–Crippen MR) is 153 cm³/mol. The summed E-state index contributed by atoms with van der Waals surface area (Å²) in [5.41, 5.74) is 8.52. The Kier molecular flexibility index (Phi) is 9.82. The topological polar surface area (TPSA) is 76.2 Å². The van der Waals surface area contributed by atoms with E-state index in [4.69, 9.17) is 5.73 Å². The first kappa shape index (κ1) is 28.3. The van der Waals surface area contributed by atoms with Crippen LogP contribution in [0.4, 0.5) is 0 Å². The van der Waals surface area contributed by atoms with Gasteiger partial charge in [0.25, 0.3) is 0 Å². The van der Waals surface area contributed by atoms with Crippen molar-refractivity contribution in [3.05, 3.63) is 36.0 Å². The minimum atomic E-state index is -0.0324. The van der Waals surface area contributed by atoms with Crippen LogP contribution in [0.1, 0.15) is 83.6 Å². The van der Waals surface area contributed by atoms with Crippen LogP contribution >= 0.6 is 0 Å². The lowest BCUT2D eigenvalue weighted by molar-refractivity contribution is 0.0136. The first-order valence-electron chi connectivity index (χ1n) is 15.1. The van der Waals surface area contributed by atoms with Crippen LogP contribution in [-0.4, -0.2) is 82.8 Å². The van der Waals surface area contributed by atoms with Crippen molar-refractivity contribution in [3.8, 4) is 11.5 Å². The normalized spacial score (nSPS) is 27.0. The zero-order chi connectivity index (χ0) is 26.4. The SMILES string of the molecule is C=C1CCC(CCN2CC(N3CCC(N)CC3)C2)(c2ccc(O)c(O)c2)CN1CC1CCCCC1.CC. The van der Waals surface area contributed by atoms with Crippen LogP contribution in [0.2, 0.25) is 0 Å². The Labute approximate surface area is 225 Å². The summed E-state index contributed by atoms with van der Waals surface area (Å²) in [6.45, 7) is 16.2. The van der Waals surface area contributed by atoms with Gasteiger partial charge in [0.1, 0.15) is 0 Å². The molecule has 4 N–H and O–H groups in total. The van der Waals surface area contributed by atoms with Gasteiger partial charge in [-0.05, 0) is 75.1 Å². The Hall–Kier alpha value is -1.76. The third-order valence-electron chi connectivity index (χ3n) is 9.56. The van der Waals surface area contributed by atoms with Crippen LogP contribution in [0.5, 0.6) is 11.5 Å².